The number of halogens is 1. The van der Waals surface area contributed by atoms with Crippen LogP contribution in [-0.2, 0) is 0 Å². The Morgan fingerprint density at radius 2 is 2.12 bits per heavy atom. The smallest absolute Gasteiger partial charge is 0.264 e. The van der Waals surface area contributed by atoms with E-state index in [1.807, 2.05) is 6.92 Å². The summed E-state index contributed by atoms with van der Waals surface area (Å²) in [7, 11) is 0. The molecule has 0 fully saturated rings. The van der Waals surface area contributed by atoms with E-state index in [2.05, 4.69) is 9.97 Å². The van der Waals surface area contributed by atoms with Gasteiger partial charge in [-0.1, -0.05) is 11.6 Å². The number of aryl methyl sites for hydroxylation is 1. The lowest BCUT2D eigenvalue weighted by Crippen LogP contribution is -1.95. The lowest BCUT2D eigenvalue weighted by atomic mass is 10.1. The highest BCUT2D eigenvalue weighted by Crippen LogP contribution is 2.29. The van der Waals surface area contributed by atoms with E-state index in [-0.39, 0.29) is 16.5 Å². The van der Waals surface area contributed by atoms with Crippen LogP contribution in [0.3, 0.4) is 0 Å². The average Bonchev–Trinajstić information content (AvgIpc) is 2.28. The van der Waals surface area contributed by atoms with Gasteiger partial charge in [0.1, 0.15) is 5.15 Å². The number of nitro groups is 1. The van der Waals surface area contributed by atoms with Crippen LogP contribution in [0, 0.1) is 17.0 Å². The third-order valence-corrected chi connectivity index (χ3v) is 2.40. The normalized spacial score (nSPS) is 10.2. The lowest BCUT2D eigenvalue weighted by Gasteiger charge is -2.03. The van der Waals surface area contributed by atoms with Gasteiger partial charge in [-0.3, -0.25) is 15.1 Å². The van der Waals surface area contributed by atoms with E-state index in [0.29, 0.717) is 5.56 Å². The van der Waals surface area contributed by atoms with Gasteiger partial charge in [-0.05, 0) is 24.6 Å². The standard InChI is InChI=1S/C11H8ClN3O2/c1-7-4-8(6-13-5-7)11-9(15(16)17)2-3-10(12)14-11/h2-6H,1H3. The van der Waals surface area contributed by atoms with Crippen LogP contribution in [0.1, 0.15) is 5.56 Å². The van der Waals surface area contributed by atoms with Crippen LogP contribution < -0.4 is 0 Å². The van der Waals surface area contributed by atoms with E-state index in [9.17, 15) is 10.1 Å². The molecule has 2 rings (SSSR count). The van der Waals surface area contributed by atoms with Crippen molar-refractivity contribution in [3.05, 3.63) is 51.4 Å². The topological polar surface area (TPSA) is 68.9 Å². The second kappa shape index (κ2) is 4.47. The number of hydrogen-bond acceptors (Lipinski definition) is 4. The minimum Gasteiger partial charge on any atom is -0.264 e. The van der Waals surface area contributed by atoms with E-state index in [0.717, 1.165) is 5.56 Å². The molecule has 5 nitrogen and oxygen atoms in total. The highest BCUT2D eigenvalue weighted by molar-refractivity contribution is 6.29. The summed E-state index contributed by atoms with van der Waals surface area (Å²) in [6, 6.07) is 4.51. The van der Waals surface area contributed by atoms with Crippen LogP contribution in [-0.4, -0.2) is 14.9 Å². The quantitative estimate of drug-likeness (QED) is 0.466. The average molecular weight is 250 g/mol. The lowest BCUT2D eigenvalue weighted by molar-refractivity contribution is -0.384. The molecule has 0 unspecified atom stereocenters. The molecule has 2 aromatic rings. The molecule has 0 aliphatic carbocycles. The first-order chi connectivity index (χ1) is 8.08. The van der Waals surface area contributed by atoms with Crippen molar-refractivity contribution in [3.8, 4) is 11.3 Å². The van der Waals surface area contributed by atoms with Gasteiger partial charge in [0, 0.05) is 24.0 Å². The van der Waals surface area contributed by atoms with Gasteiger partial charge in [-0.15, -0.1) is 0 Å². The van der Waals surface area contributed by atoms with Crippen molar-refractivity contribution in [2.75, 3.05) is 0 Å². The molecule has 6 heteroatoms. The minimum absolute atomic E-state index is 0.0817. The fraction of sp³-hybridized carbons (Fsp3) is 0.0909. The molecule has 0 aliphatic heterocycles. The summed E-state index contributed by atoms with van der Waals surface area (Å²) in [4.78, 5) is 18.4. The van der Waals surface area contributed by atoms with Crippen molar-refractivity contribution in [2.45, 2.75) is 6.92 Å². The van der Waals surface area contributed by atoms with Gasteiger partial charge in [-0.25, -0.2) is 4.98 Å². The second-order valence-corrected chi connectivity index (χ2v) is 3.90. The Kier molecular flexibility index (Phi) is 3.01. The molecule has 0 aliphatic rings. The van der Waals surface area contributed by atoms with Crippen molar-refractivity contribution in [1.82, 2.24) is 9.97 Å². The number of nitrogens with zero attached hydrogens (tertiary/aromatic N) is 3. The second-order valence-electron chi connectivity index (χ2n) is 3.51. The molecule has 0 amide bonds. The monoisotopic (exact) mass is 249 g/mol. The zero-order chi connectivity index (χ0) is 12.4. The van der Waals surface area contributed by atoms with Crippen LogP contribution in [0.4, 0.5) is 5.69 Å². The summed E-state index contributed by atoms with van der Waals surface area (Å²) in [5.41, 5.74) is 1.64. The zero-order valence-electron chi connectivity index (χ0n) is 8.92. The zero-order valence-corrected chi connectivity index (χ0v) is 9.68. The highest BCUT2D eigenvalue weighted by atomic mass is 35.5. The molecule has 0 spiro atoms. The molecule has 2 heterocycles. The molecule has 0 saturated carbocycles. The highest BCUT2D eigenvalue weighted by Gasteiger charge is 2.17. The van der Waals surface area contributed by atoms with E-state index in [1.165, 1.54) is 18.3 Å². The molecule has 0 radical (unpaired) electrons. The summed E-state index contributed by atoms with van der Waals surface area (Å²) >= 11 is 5.76. The van der Waals surface area contributed by atoms with E-state index in [4.69, 9.17) is 11.6 Å². The maximum absolute atomic E-state index is 10.9. The van der Waals surface area contributed by atoms with E-state index in [1.54, 1.807) is 12.3 Å². The van der Waals surface area contributed by atoms with E-state index >= 15 is 0 Å². The Morgan fingerprint density at radius 3 is 2.76 bits per heavy atom. The minimum atomic E-state index is -0.485. The molecular formula is C11H8ClN3O2. The Balaban J connectivity index is 2.65. The Bertz CT molecular complexity index is 587. The van der Waals surface area contributed by atoms with Crippen molar-refractivity contribution >= 4 is 17.3 Å². The number of hydrogen-bond donors (Lipinski definition) is 0. The fourth-order valence-corrected chi connectivity index (χ4v) is 1.62. The molecule has 0 N–H and O–H groups in total. The predicted molar refractivity (Wildman–Crippen MR) is 63.9 cm³/mol. The third kappa shape index (κ3) is 2.39. The molecule has 0 bridgehead atoms. The first-order valence-electron chi connectivity index (χ1n) is 4.81. The SMILES string of the molecule is Cc1cncc(-c2nc(Cl)ccc2[N+](=O)[O-])c1. The first kappa shape index (κ1) is 11.5. The van der Waals surface area contributed by atoms with Gasteiger partial charge in [0.05, 0.1) is 4.92 Å². The maximum Gasteiger partial charge on any atom is 0.295 e. The largest absolute Gasteiger partial charge is 0.295 e. The van der Waals surface area contributed by atoms with Gasteiger partial charge in [-0.2, -0.15) is 0 Å². The Hall–Kier alpha value is -2.01. The van der Waals surface area contributed by atoms with Crippen LogP contribution >= 0.6 is 11.6 Å². The molecule has 86 valence electrons. The summed E-state index contributed by atoms with van der Waals surface area (Å²) in [6.45, 7) is 1.85. The van der Waals surface area contributed by atoms with Crippen LogP contribution in [0.5, 0.6) is 0 Å². The van der Waals surface area contributed by atoms with Crippen molar-refractivity contribution in [3.63, 3.8) is 0 Å². The van der Waals surface area contributed by atoms with Gasteiger partial charge < -0.3 is 0 Å². The first-order valence-corrected chi connectivity index (χ1v) is 5.18. The van der Waals surface area contributed by atoms with Gasteiger partial charge in [0.25, 0.3) is 5.69 Å². The third-order valence-electron chi connectivity index (χ3n) is 2.19. The Labute approximate surface area is 102 Å². The van der Waals surface area contributed by atoms with Crippen LogP contribution in [0.2, 0.25) is 5.15 Å². The molecule has 0 atom stereocenters. The van der Waals surface area contributed by atoms with Crippen molar-refractivity contribution in [1.29, 1.82) is 0 Å². The summed E-state index contributed by atoms with van der Waals surface area (Å²) in [5, 5.41) is 11.1. The Morgan fingerprint density at radius 1 is 1.35 bits per heavy atom. The molecule has 0 aromatic carbocycles. The molecular weight excluding hydrogens is 242 g/mol. The van der Waals surface area contributed by atoms with Gasteiger partial charge in [0.2, 0.25) is 0 Å². The van der Waals surface area contributed by atoms with Crippen LogP contribution in [0.15, 0.2) is 30.6 Å². The van der Waals surface area contributed by atoms with Gasteiger partial charge in [0.15, 0.2) is 5.69 Å². The van der Waals surface area contributed by atoms with Gasteiger partial charge >= 0.3 is 0 Å². The van der Waals surface area contributed by atoms with Crippen molar-refractivity contribution < 1.29 is 4.92 Å². The fourth-order valence-electron chi connectivity index (χ4n) is 1.47. The maximum atomic E-state index is 10.9. The summed E-state index contributed by atoms with van der Waals surface area (Å²) in [6.07, 6.45) is 3.19. The number of pyridine rings is 2. The summed E-state index contributed by atoms with van der Waals surface area (Å²) in [5.74, 6) is 0. The molecule has 2 aromatic heterocycles. The molecule has 17 heavy (non-hydrogen) atoms. The van der Waals surface area contributed by atoms with Crippen LogP contribution in [0.25, 0.3) is 11.3 Å². The van der Waals surface area contributed by atoms with E-state index < -0.39 is 4.92 Å². The molecule has 0 saturated heterocycles. The van der Waals surface area contributed by atoms with Crippen molar-refractivity contribution in [2.24, 2.45) is 0 Å². The number of aromatic nitrogens is 2. The summed E-state index contributed by atoms with van der Waals surface area (Å²) < 4.78 is 0. The number of rotatable bonds is 2. The predicted octanol–water partition coefficient (Wildman–Crippen LogP) is 3.01.